The summed E-state index contributed by atoms with van der Waals surface area (Å²) in [5.41, 5.74) is 1.37. The lowest BCUT2D eigenvalue weighted by Crippen LogP contribution is -2.43. The second-order valence-electron chi connectivity index (χ2n) is 5.07. The third kappa shape index (κ3) is 3.24. The van der Waals surface area contributed by atoms with Crippen LogP contribution < -0.4 is 5.32 Å². The molecule has 2 heterocycles. The van der Waals surface area contributed by atoms with Crippen molar-refractivity contribution >= 4 is 11.3 Å². The van der Waals surface area contributed by atoms with Gasteiger partial charge in [0.05, 0.1) is 6.61 Å². The zero-order chi connectivity index (χ0) is 13.1. The minimum absolute atomic E-state index is 0.228. The average molecular weight is 273 g/mol. The molecular weight excluding hydrogens is 254 g/mol. The molecule has 0 spiro atoms. The maximum atomic E-state index is 6.01. The van der Waals surface area contributed by atoms with Gasteiger partial charge in [0.15, 0.2) is 0 Å². The molecule has 0 saturated carbocycles. The molecular formula is C16H19NOS. The second kappa shape index (κ2) is 5.87. The number of benzene rings is 1. The van der Waals surface area contributed by atoms with Gasteiger partial charge in [0.25, 0.3) is 0 Å². The van der Waals surface area contributed by atoms with E-state index in [9.17, 15) is 0 Å². The average Bonchev–Trinajstić information content (AvgIpc) is 2.87. The van der Waals surface area contributed by atoms with E-state index in [1.54, 1.807) is 0 Å². The van der Waals surface area contributed by atoms with Crippen molar-refractivity contribution < 1.29 is 4.74 Å². The zero-order valence-corrected chi connectivity index (χ0v) is 12.0. The summed E-state index contributed by atoms with van der Waals surface area (Å²) >= 11 is 1.83. The number of nitrogens with one attached hydrogen (secondary N) is 1. The van der Waals surface area contributed by atoms with Crippen LogP contribution in [-0.2, 0) is 11.2 Å². The Labute approximate surface area is 118 Å². The van der Waals surface area contributed by atoms with Crippen LogP contribution in [0.1, 0.15) is 21.4 Å². The molecule has 0 radical (unpaired) electrons. The van der Waals surface area contributed by atoms with Crippen molar-refractivity contribution in [1.29, 1.82) is 0 Å². The van der Waals surface area contributed by atoms with Gasteiger partial charge < -0.3 is 10.1 Å². The number of thiophene rings is 1. The first-order valence-electron chi connectivity index (χ1n) is 6.76. The molecule has 3 heteroatoms. The van der Waals surface area contributed by atoms with E-state index in [2.05, 4.69) is 54.7 Å². The summed E-state index contributed by atoms with van der Waals surface area (Å²) in [5.74, 6) is 0. The van der Waals surface area contributed by atoms with Gasteiger partial charge in [-0.3, -0.25) is 0 Å². The van der Waals surface area contributed by atoms with Crippen LogP contribution >= 0.6 is 11.3 Å². The highest BCUT2D eigenvalue weighted by Crippen LogP contribution is 2.27. The standard InChI is InChI=1S/C16H19NOS/c1-12-7-8-16(19-12)15-10-17-14(11-18-15)9-13-5-3-2-4-6-13/h2-8,14-15,17H,9-11H2,1H3. The summed E-state index contributed by atoms with van der Waals surface area (Å²) in [7, 11) is 0. The molecule has 2 aromatic rings. The Kier molecular flexibility index (Phi) is 3.97. The fourth-order valence-electron chi connectivity index (χ4n) is 2.46. The van der Waals surface area contributed by atoms with Crippen molar-refractivity contribution in [2.24, 2.45) is 0 Å². The van der Waals surface area contributed by atoms with Gasteiger partial charge in [-0.15, -0.1) is 11.3 Å². The smallest absolute Gasteiger partial charge is 0.104 e. The Morgan fingerprint density at radius 2 is 2.05 bits per heavy atom. The number of rotatable bonds is 3. The number of hydrogen-bond acceptors (Lipinski definition) is 3. The van der Waals surface area contributed by atoms with Gasteiger partial charge in [-0.05, 0) is 31.0 Å². The van der Waals surface area contributed by atoms with E-state index in [1.807, 2.05) is 11.3 Å². The van der Waals surface area contributed by atoms with E-state index in [0.29, 0.717) is 6.04 Å². The van der Waals surface area contributed by atoms with Crippen LogP contribution in [0.4, 0.5) is 0 Å². The summed E-state index contributed by atoms with van der Waals surface area (Å²) in [6.45, 7) is 3.84. The number of morpholine rings is 1. The normalized spacial score (nSPS) is 23.4. The van der Waals surface area contributed by atoms with Gasteiger partial charge in [0.2, 0.25) is 0 Å². The molecule has 1 aliphatic heterocycles. The molecule has 0 amide bonds. The third-order valence-corrected chi connectivity index (χ3v) is 4.59. The number of aryl methyl sites for hydroxylation is 1. The molecule has 1 aromatic carbocycles. The summed E-state index contributed by atoms with van der Waals surface area (Å²) in [6.07, 6.45) is 1.27. The number of hydrogen-bond donors (Lipinski definition) is 1. The van der Waals surface area contributed by atoms with E-state index in [1.165, 1.54) is 15.3 Å². The predicted molar refractivity (Wildman–Crippen MR) is 79.7 cm³/mol. The maximum absolute atomic E-state index is 6.01. The summed E-state index contributed by atoms with van der Waals surface area (Å²) in [6, 6.07) is 15.4. The minimum atomic E-state index is 0.228. The summed E-state index contributed by atoms with van der Waals surface area (Å²) < 4.78 is 6.01. The lowest BCUT2D eigenvalue weighted by atomic mass is 10.1. The Bertz CT molecular complexity index is 515. The topological polar surface area (TPSA) is 21.3 Å². The Hall–Kier alpha value is -1.16. The van der Waals surface area contributed by atoms with E-state index in [0.717, 1.165) is 19.6 Å². The van der Waals surface area contributed by atoms with Gasteiger partial charge in [-0.25, -0.2) is 0 Å². The van der Waals surface area contributed by atoms with Crippen molar-refractivity contribution in [1.82, 2.24) is 5.32 Å². The molecule has 1 aromatic heterocycles. The molecule has 0 bridgehead atoms. The fourth-order valence-corrected chi connectivity index (χ4v) is 3.39. The van der Waals surface area contributed by atoms with Gasteiger partial charge in [-0.1, -0.05) is 30.3 Å². The van der Waals surface area contributed by atoms with Gasteiger partial charge in [0, 0.05) is 22.3 Å². The molecule has 1 N–H and O–H groups in total. The van der Waals surface area contributed by atoms with Crippen LogP contribution in [0.25, 0.3) is 0 Å². The molecule has 1 fully saturated rings. The quantitative estimate of drug-likeness (QED) is 0.926. The second-order valence-corrected chi connectivity index (χ2v) is 6.38. The predicted octanol–water partition coefficient (Wildman–Crippen LogP) is 3.33. The molecule has 1 aliphatic rings. The zero-order valence-electron chi connectivity index (χ0n) is 11.1. The van der Waals surface area contributed by atoms with Crippen molar-refractivity contribution in [3.63, 3.8) is 0 Å². The van der Waals surface area contributed by atoms with E-state index in [-0.39, 0.29) is 6.10 Å². The summed E-state index contributed by atoms with van der Waals surface area (Å²) in [4.78, 5) is 2.69. The summed E-state index contributed by atoms with van der Waals surface area (Å²) in [5, 5.41) is 3.61. The van der Waals surface area contributed by atoms with E-state index < -0.39 is 0 Å². The van der Waals surface area contributed by atoms with Crippen LogP contribution in [0.2, 0.25) is 0 Å². The van der Waals surface area contributed by atoms with Crippen LogP contribution in [0.3, 0.4) is 0 Å². The monoisotopic (exact) mass is 273 g/mol. The van der Waals surface area contributed by atoms with Crippen LogP contribution in [0, 0.1) is 6.92 Å². The van der Waals surface area contributed by atoms with Gasteiger partial charge in [-0.2, -0.15) is 0 Å². The first kappa shape index (κ1) is 12.9. The molecule has 2 unspecified atom stereocenters. The van der Waals surface area contributed by atoms with E-state index >= 15 is 0 Å². The largest absolute Gasteiger partial charge is 0.370 e. The van der Waals surface area contributed by atoms with Crippen LogP contribution in [0.15, 0.2) is 42.5 Å². The molecule has 2 nitrogen and oxygen atoms in total. The fraction of sp³-hybridized carbons (Fsp3) is 0.375. The first-order valence-corrected chi connectivity index (χ1v) is 7.58. The molecule has 3 rings (SSSR count). The van der Waals surface area contributed by atoms with Crippen molar-refractivity contribution in [2.45, 2.75) is 25.5 Å². The molecule has 0 aliphatic carbocycles. The number of ether oxygens (including phenoxy) is 1. The van der Waals surface area contributed by atoms with Crippen molar-refractivity contribution in [3.8, 4) is 0 Å². The lowest BCUT2D eigenvalue weighted by molar-refractivity contribution is 0.00509. The molecule has 1 saturated heterocycles. The molecule has 19 heavy (non-hydrogen) atoms. The molecule has 100 valence electrons. The Morgan fingerprint density at radius 1 is 1.21 bits per heavy atom. The minimum Gasteiger partial charge on any atom is -0.370 e. The lowest BCUT2D eigenvalue weighted by Gasteiger charge is -2.30. The SMILES string of the molecule is Cc1ccc(C2CNC(Cc3ccccc3)CO2)s1. The van der Waals surface area contributed by atoms with Crippen molar-refractivity contribution in [3.05, 3.63) is 57.8 Å². The Morgan fingerprint density at radius 3 is 2.68 bits per heavy atom. The third-order valence-electron chi connectivity index (χ3n) is 3.49. The van der Waals surface area contributed by atoms with E-state index in [4.69, 9.17) is 4.74 Å². The molecule has 2 atom stereocenters. The van der Waals surface area contributed by atoms with Crippen LogP contribution in [0.5, 0.6) is 0 Å². The Balaban J connectivity index is 1.55. The van der Waals surface area contributed by atoms with Crippen LogP contribution in [-0.4, -0.2) is 19.2 Å². The first-order chi connectivity index (χ1) is 9.31. The van der Waals surface area contributed by atoms with Gasteiger partial charge >= 0.3 is 0 Å². The highest BCUT2D eigenvalue weighted by molar-refractivity contribution is 7.12. The van der Waals surface area contributed by atoms with Crippen molar-refractivity contribution in [2.75, 3.05) is 13.2 Å². The van der Waals surface area contributed by atoms with Gasteiger partial charge in [0.1, 0.15) is 6.10 Å². The highest BCUT2D eigenvalue weighted by Gasteiger charge is 2.23. The highest BCUT2D eigenvalue weighted by atomic mass is 32.1. The maximum Gasteiger partial charge on any atom is 0.104 e.